The van der Waals surface area contributed by atoms with Crippen molar-refractivity contribution in [1.82, 2.24) is 9.97 Å². The molecular formula is C13H18N2S. The van der Waals surface area contributed by atoms with E-state index in [1.807, 2.05) is 30.2 Å². The van der Waals surface area contributed by atoms with Crippen LogP contribution in [-0.4, -0.2) is 15.2 Å². The summed E-state index contributed by atoms with van der Waals surface area (Å²) in [6.45, 7) is 3.86. The average Bonchev–Trinajstić information content (AvgIpc) is 2.33. The van der Waals surface area contributed by atoms with Crippen molar-refractivity contribution >= 4 is 11.8 Å². The van der Waals surface area contributed by atoms with E-state index in [-0.39, 0.29) is 0 Å². The molecule has 1 fully saturated rings. The molecule has 2 atom stereocenters. The lowest BCUT2D eigenvalue weighted by Gasteiger charge is -2.29. The molecule has 0 unspecified atom stereocenters. The first-order valence-electron chi connectivity index (χ1n) is 5.94. The van der Waals surface area contributed by atoms with Crippen LogP contribution in [0.25, 0.3) is 0 Å². The fourth-order valence-electron chi connectivity index (χ4n) is 2.29. The highest BCUT2D eigenvalue weighted by molar-refractivity contribution is 7.99. The summed E-state index contributed by atoms with van der Waals surface area (Å²) in [6, 6.07) is 1.87. The summed E-state index contributed by atoms with van der Waals surface area (Å²) < 4.78 is 0. The van der Waals surface area contributed by atoms with Crippen LogP contribution in [-0.2, 0) is 0 Å². The Kier molecular flexibility index (Phi) is 4.40. The molecule has 0 bridgehead atoms. The van der Waals surface area contributed by atoms with Gasteiger partial charge in [0.15, 0.2) is 5.16 Å². The van der Waals surface area contributed by atoms with Crippen LogP contribution in [0.4, 0.5) is 0 Å². The maximum Gasteiger partial charge on any atom is 0.187 e. The number of allylic oxidation sites excluding steroid dienone is 1. The fraction of sp³-hybridized carbons (Fsp3) is 0.538. The van der Waals surface area contributed by atoms with E-state index in [0.29, 0.717) is 5.25 Å². The largest absolute Gasteiger partial charge is 0.231 e. The zero-order chi connectivity index (χ0) is 11.2. The van der Waals surface area contributed by atoms with Gasteiger partial charge in [-0.05, 0) is 31.2 Å². The van der Waals surface area contributed by atoms with Gasteiger partial charge in [-0.25, -0.2) is 9.97 Å². The predicted molar refractivity (Wildman–Crippen MR) is 68.4 cm³/mol. The van der Waals surface area contributed by atoms with Gasteiger partial charge in [-0.15, -0.1) is 6.58 Å². The Labute approximate surface area is 102 Å². The molecule has 2 nitrogen and oxygen atoms in total. The van der Waals surface area contributed by atoms with E-state index in [1.54, 1.807) is 0 Å². The number of hydrogen-bond donors (Lipinski definition) is 0. The van der Waals surface area contributed by atoms with Crippen molar-refractivity contribution in [1.29, 1.82) is 0 Å². The third-order valence-corrected chi connectivity index (χ3v) is 4.45. The summed E-state index contributed by atoms with van der Waals surface area (Å²) in [5.41, 5.74) is 0. The van der Waals surface area contributed by atoms with E-state index >= 15 is 0 Å². The third kappa shape index (κ3) is 3.08. The SMILES string of the molecule is C=CC[C@H]1CCCC[C@@H]1Sc1ncccn1. The molecule has 3 heteroatoms. The summed E-state index contributed by atoms with van der Waals surface area (Å²) >= 11 is 1.84. The van der Waals surface area contributed by atoms with Crippen molar-refractivity contribution in [3.05, 3.63) is 31.1 Å². The zero-order valence-corrected chi connectivity index (χ0v) is 10.3. The quantitative estimate of drug-likeness (QED) is 0.587. The molecule has 0 amide bonds. The summed E-state index contributed by atoms with van der Waals surface area (Å²) in [7, 11) is 0. The Bertz CT molecular complexity index is 326. The van der Waals surface area contributed by atoms with Crippen molar-refractivity contribution in [3.8, 4) is 0 Å². The van der Waals surface area contributed by atoms with Gasteiger partial charge in [0.05, 0.1) is 0 Å². The van der Waals surface area contributed by atoms with Crippen molar-refractivity contribution in [2.24, 2.45) is 5.92 Å². The maximum atomic E-state index is 4.29. The number of rotatable bonds is 4. The summed E-state index contributed by atoms with van der Waals surface area (Å²) in [6.07, 6.45) is 12.2. The molecule has 0 N–H and O–H groups in total. The molecule has 86 valence electrons. The molecule has 1 aliphatic rings. The minimum Gasteiger partial charge on any atom is -0.231 e. The highest BCUT2D eigenvalue weighted by Crippen LogP contribution is 2.37. The summed E-state index contributed by atoms with van der Waals surface area (Å²) in [4.78, 5) is 8.59. The van der Waals surface area contributed by atoms with E-state index in [4.69, 9.17) is 0 Å². The molecule has 1 aromatic rings. The number of thioether (sulfide) groups is 1. The van der Waals surface area contributed by atoms with Gasteiger partial charge in [-0.1, -0.05) is 30.7 Å². The zero-order valence-electron chi connectivity index (χ0n) is 9.51. The normalized spacial score (nSPS) is 25.2. The topological polar surface area (TPSA) is 25.8 Å². The first-order valence-corrected chi connectivity index (χ1v) is 6.82. The lowest BCUT2D eigenvalue weighted by atomic mass is 9.86. The molecule has 16 heavy (non-hydrogen) atoms. The molecule has 1 aromatic heterocycles. The van der Waals surface area contributed by atoms with Crippen LogP contribution in [0, 0.1) is 5.92 Å². The third-order valence-electron chi connectivity index (χ3n) is 3.11. The number of nitrogens with zero attached hydrogens (tertiary/aromatic N) is 2. The highest BCUT2D eigenvalue weighted by Gasteiger charge is 2.25. The first-order chi connectivity index (χ1) is 7.90. The summed E-state index contributed by atoms with van der Waals surface area (Å²) in [5, 5.41) is 1.60. The van der Waals surface area contributed by atoms with Crippen molar-refractivity contribution in [2.45, 2.75) is 42.5 Å². The van der Waals surface area contributed by atoms with E-state index < -0.39 is 0 Å². The molecule has 0 radical (unpaired) electrons. The Hall–Kier alpha value is -0.830. The van der Waals surface area contributed by atoms with Gasteiger partial charge in [-0.3, -0.25) is 0 Å². The second kappa shape index (κ2) is 6.04. The van der Waals surface area contributed by atoms with Crippen molar-refractivity contribution in [3.63, 3.8) is 0 Å². The van der Waals surface area contributed by atoms with Crippen LogP contribution >= 0.6 is 11.8 Å². The number of hydrogen-bond acceptors (Lipinski definition) is 3. The Balaban J connectivity index is 1.98. The summed E-state index contributed by atoms with van der Waals surface area (Å²) in [5.74, 6) is 0.764. The maximum absolute atomic E-state index is 4.29. The van der Waals surface area contributed by atoms with Crippen molar-refractivity contribution in [2.75, 3.05) is 0 Å². The van der Waals surface area contributed by atoms with Gasteiger partial charge < -0.3 is 0 Å². The minimum atomic E-state index is 0.675. The van der Waals surface area contributed by atoms with Crippen LogP contribution in [0.1, 0.15) is 32.1 Å². The van der Waals surface area contributed by atoms with Gasteiger partial charge in [0.25, 0.3) is 0 Å². The highest BCUT2D eigenvalue weighted by atomic mass is 32.2. The molecule has 1 aliphatic carbocycles. The Morgan fingerprint density at radius 1 is 1.31 bits per heavy atom. The van der Waals surface area contributed by atoms with Crippen LogP contribution in [0.3, 0.4) is 0 Å². The molecular weight excluding hydrogens is 216 g/mol. The number of aromatic nitrogens is 2. The van der Waals surface area contributed by atoms with Gasteiger partial charge in [-0.2, -0.15) is 0 Å². The van der Waals surface area contributed by atoms with Crippen LogP contribution < -0.4 is 0 Å². The van der Waals surface area contributed by atoms with Crippen molar-refractivity contribution < 1.29 is 0 Å². The first kappa shape index (κ1) is 11.6. The second-order valence-electron chi connectivity index (χ2n) is 4.26. The lowest BCUT2D eigenvalue weighted by molar-refractivity contribution is 0.373. The second-order valence-corrected chi connectivity index (χ2v) is 5.46. The molecule has 1 heterocycles. The average molecular weight is 234 g/mol. The van der Waals surface area contributed by atoms with Gasteiger partial charge in [0.2, 0.25) is 0 Å². The molecule has 1 saturated carbocycles. The Morgan fingerprint density at radius 3 is 2.81 bits per heavy atom. The Morgan fingerprint density at radius 2 is 2.06 bits per heavy atom. The fourth-order valence-corrected chi connectivity index (χ4v) is 3.53. The molecule has 0 aliphatic heterocycles. The van der Waals surface area contributed by atoms with E-state index in [9.17, 15) is 0 Å². The van der Waals surface area contributed by atoms with Gasteiger partial charge in [0.1, 0.15) is 0 Å². The molecule has 2 rings (SSSR count). The monoisotopic (exact) mass is 234 g/mol. The minimum absolute atomic E-state index is 0.675. The van der Waals surface area contributed by atoms with E-state index in [2.05, 4.69) is 22.6 Å². The van der Waals surface area contributed by atoms with Crippen LogP contribution in [0.2, 0.25) is 0 Å². The van der Waals surface area contributed by atoms with E-state index in [0.717, 1.165) is 17.5 Å². The van der Waals surface area contributed by atoms with Crippen LogP contribution in [0.5, 0.6) is 0 Å². The molecule has 0 saturated heterocycles. The smallest absolute Gasteiger partial charge is 0.187 e. The van der Waals surface area contributed by atoms with Gasteiger partial charge in [0, 0.05) is 17.6 Å². The molecule has 0 aromatic carbocycles. The predicted octanol–water partition coefficient (Wildman–Crippen LogP) is 3.70. The van der Waals surface area contributed by atoms with Crippen LogP contribution in [0.15, 0.2) is 36.3 Å². The van der Waals surface area contributed by atoms with Gasteiger partial charge >= 0.3 is 0 Å². The lowest BCUT2D eigenvalue weighted by Crippen LogP contribution is -2.21. The standard InChI is InChI=1S/C13H18N2S/c1-2-6-11-7-3-4-8-12(11)16-13-14-9-5-10-15-13/h2,5,9-12H,1,3-4,6-8H2/t11-,12-/m0/s1. The van der Waals surface area contributed by atoms with E-state index in [1.165, 1.54) is 25.7 Å². The molecule has 0 spiro atoms.